The molecule has 126 valence electrons. The van der Waals surface area contributed by atoms with Crippen molar-refractivity contribution in [2.45, 2.75) is 26.5 Å². The van der Waals surface area contributed by atoms with Gasteiger partial charge in [0.05, 0.1) is 13.2 Å². The van der Waals surface area contributed by atoms with Gasteiger partial charge in [0.1, 0.15) is 0 Å². The maximum absolute atomic E-state index is 12.3. The Bertz CT molecular complexity index is 589. The molecule has 0 bridgehead atoms. The van der Waals surface area contributed by atoms with Crippen LogP contribution in [0.1, 0.15) is 16.8 Å². The van der Waals surface area contributed by atoms with Gasteiger partial charge in [0.15, 0.2) is 6.10 Å². The summed E-state index contributed by atoms with van der Waals surface area (Å²) < 4.78 is 5.45. The number of urea groups is 1. The molecule has 1 N–H and O–H groups in total. The summed E-state index contributed by atoms with van der Waals surface area (Å²) in [6, 6.07) is 1.80. The molecule has 1 atom stereocenters. The molecule has 3 amide bonds. The van der Waals surface area contributed by atoms with Gasteiger partial charge >= 0.3 is 6.03 Å². The molecule has 0 unspecified atom stereocenters. The van der Waals surface area contributed by atoms with Crippen molar-refractivity contribution in [2.24, 2.45) is 0 Å². The van der Waals surface area contributed by atoms with Crippen molar-refractivity contribution in [1.29, 1.82) is 0 Å². The van der Waals surface area contributed by atoms with Gasteiger partial charge in [-0.2, -0.15) is 0 Å². The number of nitrogens with zero attached hydrogens (tertiary/aromatic N) is 3. The van der Waals surface area contributed by atoms with E-state index in [1.165, 1.54) is 4.90 Å². The first-order chi connectivity index (χ1) is 10.9. The topological polar surface area (TPSA) is 74.8 Å². The van der Waals surface area contributed by atoms with Crippen LogP contribution in [0.2, 0.25) is 0 Å². The Labute approximate surface area is 136 Å². The highest BCUT2D eigenvalue weighted by Gasteiger charge is 2.30. The van der Waals surface area contributed by atoms with E-state index in [4.69, 9.17) is 4.74 Å². The highest BCUT2D eigenvalue weighted by atomic mass is 16.5. The van der Waals surface area contributed by atoms with Crippen LogP contribution in [-0.4, -0.2) is 66.6 Å². The number of nitrogens with one attached hydrogen (secondary N) is 1. The van der Waals surface area contributed by atoms with E-state index in [1.807, 2.05) is 19.9 Å². The number of rotatable bonds is 3. The number of aryl methyl sites for hydroxylation is 2. The molecule has 1 aliphatic rings. The molecule has 0 spiro atoms. The second kappa shape index (κ2) is 7.41. The lowest BCUT2D eigenvalue weighted by atomic mass is 10.1. The van der Waals surface area contributed by atoms with Crippen molar-refractivity contribution < 1.29 is 14.3 Å². The molecule has 0 saturated carbocycles. The standard InChI is InChI=1S/C16H24N4O3/c1-11-7-12(2)17-8-13(11)9-18-16(22)20-5-6-23-14(10-20)15(21)19(3)4/h7-8,14H,5-6,9-10H2,1-4H3,(H,18,22)/t14-/m1/s1. The number of pyridine rings is 1. The Morgan fingerprint density at radius 2 is 2.17 bits per heavy atom. The van der Waals surface area contributed by atoms with E-state index >= 15 is 0 Å². The van der Waals surface area contributed by atoms with Crippen LogP contribution in [-0.2, 0) is 16.1 Å². The summed E-state index contributed by atoms with van der Waals surface area (Å²) in [5.41, 5.74) is 3.04. The third-order valence-corrected chi connectivity index (χ3v) is 3.86. The van der Waals surface area contributed by atoms with Crippen LogP contribution in [0.3, 0.4) is 0 Å². The second-order valence-electron chi connectivity index (χ2n) is 5.95. The van der Waals surface area contributed by atoms with Crippen molar-refractivity contribution in [3.05, 3.63) is 29.1 Å². The number of morpholine rings is 1. The third kappa shape index (κ3) is 4.41. The van der Waals surface area contributed by atoms with E-state index in [0.29, 0.717) is 19.7 Å². The van der Waals surface area contributed by atoms with Crippen molar-refractivity contribution in [3.8, 4) is 0 Å². The van der Waals surface area contributed by atoms with Crippen LogP contribution < -0.4 is 5.32 Å². The van der Waals surface area contributed by atoms with Crippen LogP contribution in [0.25, 0.3) is 0 Å². The Balaban J connectivity index is 1.91. The summed E-state index contributed by atoms with van der Waals surface area (Å²) in [7, 11) is 3.36. The lowest BCUT2D eigenvalue weighted by Crippen LogP contribution is -2.53. The fourth-order valence-electron chi connectivity index (χ4n) is 2.46. The maximum Gasteiger partial charge on any atom is 0.317 e. The second-order valence-corrected chi connectivity index (χ2v) is 5.95. The number of amides is 3. The molecular weight excluding hydrogens is 296 g/mol. The van der Waals surface area contributed by atoms with Crippen LogP contribution in [0.5, 0.6) is 0 Å². The summed E-state index contributed by atoms with van der Waals surface area (Å²) in [6.45, 7) is 5.47. The van der Waals surface area contributed by atoms with Crippen molar-refractivity contribution in [3.63, 3.8) is 0 Å². The van der Waals surface area contributed by atoms with Crippen LogP contribution in [0.15, 0.2) is 12.3 Å². The minimum Gasteiger partial charge on any atom is -0.365 e. The van der Waals surface area contributed by atoms with E-state index in [9.17, 15) is 9.59 Å². The Morgan fingerprint density at radius 3 is 2.83 bits per heavy atom. The van der Waals surface area contributed by atoms with Crippen LogP contribution in [0.4, 0.5) is 4.79 Å². The number of ether oxygens (including phenoxy) is 1. The average Bonchev–Trinajstić information content (AvgIpc) is 2.53. The molecule has 0 aliphatic carbocycles. The molecule has 0 aromatic carbocycles. The van der Waals surface area contributed by atoms with E-state index in [1.54, 1.807) is 25.2 Å². The van der Waals surface area contributed by atoms with Gasteiger partial charge in [-0.3, -0.25) is 9.78 Å². The first-order valence-corrected chi connectivity index (χ1v) is 7.66. The lowest BCUT2D eigenvalue weighted by Gasteiger charge is -2.33. The summed E-state index contributed by atoms with van der Waals surface area (Å²) in [4.78, 5) is 31.6. The summed E-state index contributed by atoms with van der Waals surface area (Å²) in [5, 5.41) is 2.88. The lowest BCUT2D eigenvalue weighted by molar-refractivity contribution is -0.145. The number of hydrogen-bond acceptors (Lipinski definition) is 4. The predicted molar refractivity (Wildman–Crippen MR) is 86.0 cm³/mol. The fourth-order valence-corrected chi connectivity index (χ4v) is 2.46. The van der Waals surface area contributed by atoms with Gasteiger partial charge in [-0.15, -0.1) is 0 Å². The molecule has 7 nitrogen and oxygen atoms in total. The van der Waals surface area contributed by atoms with Crippen LogP contribution >= 0.6 is 0 Å². The van der Waals surface area contributed by atoms with E-state index in [0.717, 1.165) is 16.8 Å². The molecule has 7 heteroatoms. The molecule has 2 heterocycles. The first kappa shape index (κ1) is 17.2. The van der Waals surface area contributed by atoms with Gasteiger partial charge in [0.2, 0.25) is 0 Å². The number of carbonyl (C=O) groups is 2. The van der Waals surface area contributed by atoms with Gasteiger partial charge in [0, 0.05) is 39.1 Å². The largest absolute Gasteiger partial charge is 0.365 e. The van der Waals surface area contributed by atoms with Gasteiger partial charge in [-0.1, -0.05) is 0 Å². The van der Waals surface area contributed by atoms with Gasteiger partial charge < -0.3 is 19.9 Å². The molecule has 2 rings (SSSR count). The minimum absolute atomic E-state index is 0.124. The monoisotopic (exact) mass is 320 g/mol. The number of hydrogen-bond donors (Lipinski definition) is 1. The fraction of sp³-hybridized carbons (Fsp3) is 0.562. The zero-order valence-corrected chi connectivity index (χ0v) is 14.1. The molecular formula is C16H24N4O3. The molecule has 1 saturated heterocycles. The SMILES string of the molecule is Cc1cc(C)c(CNC(=O)N2CCO[C@@H](C(=O)N(C)C)C2)cn1. The molecule has 1 aromatic rings. The number of aromatic nitrogens is 1. The third-order valence-electron chi connectivity index (χ3n) is 3.86. The summed E-state index contributed by atoms with van der Waals surface area (Å²) >= 11 is 0. The highest BCUT2D eigenvalue weighted by Crippen LogP contribution is 2.10. The van der Waals surface area contributed by atoms with Crippen LogP contribution in [0, 0.1) is 13.8 Å². The van der Waals surface area contributed by atoms with Gasteiger partial charge in [-0.05, 0) is 31.0 Å². The Morgan fingerprint density at radius 1 is 1.43 bits per heavy atom. The highest BCUT2D eigenvalue weighted by molar-refractivity contribution is 5.82. The van der Waals surface area contributed by atoms with Crippen molar-refractivity contribution >= 4 is 11.9 Å². The molecule has 0 radical (unpaired) electrons. The number of likely N-dealkylation sites (N-methyl/N-ethyl adjacent to an activating group) is 1. The normalized spacial score (nSPS) is 17.7. The molecule has 23 heavy (non-hydrogen) atoms. The molecule has 1 aromatic heterocycles. The smallest absolute Gasteiger partial charge is 0.317 e. The van der Waals surface area contributed by atoms with Crippen molar-refractivity contribution in [2.75, 3.05) is 33.8 Å². The van der Waals surface area contributed by atoms with E-state index < -0.39 is 6.10 Å². The van der Waals surface area contributed by atoms with Crippen molar-refractivity contribution in [1.82, 2.24) is 20.1 Å². The quantitative estimate of drug-likeness (QED) is 0.889. The minimum atomic E-state index is -0.590. The Kier molecular flexibility index (Phi) is 5.54. The molecule has 1 fully saturated rings. The zero-order valence-electron chi connectivity index (χ0n) is 14.1. The average molecular weight is 320 g/mol. The van der Waals surface area contributed by atoms with E-state index in [-0.39, 0.29) is 18.5 Å². The number of carbonyl (C=O) groups excluding carboxylic acids is 2. The van der Waals surface area contributed by atoms with Gasteiger partial charge in [0.25, 0.3) is 5.91 Å². The summed E-state index contributed by atoms with van der Waals surface area (Å²) in [6.07, 6.45) is 1.19. The Hall–Kier alpha value is -2.15. The summed E-state index contributed by atoms with van der Waals surface area (Å²) in [5.74, 6) is -0.124. The first-order valence-electron chi connectivity index (χ1n) is 7.66. The molecule has 1 aliphatic heterocycles. The predicted octanol–water partition coefficient (Wildman–Crippen LogP) is 0.697. The maximum atomic E-state index is 12.3. The zero-order chi connectivity index (χ0) is 17.0. The van der Waals surface area contributed by atoms with E-state index in [2.05, 4.69) is 10.3 Å². The van der Waals surface area contributed by atoms with Gasteiger partial charge in [-0.25, -0.2) is 4.79 Å².